The minimum absolute atomic E-state index is 0.420. The lowest BCUT2D eigenvalue weighted by Crippen LogP contribution is -2.32. The van der Waals surface area contributed by atoms with E-state index in [1.165, 1.54) is 12.8 Å². The topological polar surface area (TPSA) is 72.9 Å². The van der Waals surface area contributed by atoms with Crippen molar-refractivity contribution in [3.8, 4) is 0 Å². The van der Waals surface area contributed by atoms with Gasteiger partial charge in [-0.25, -0.2) is 4.68 Å². The Bertz CT molecular complexity index is 288. The first-order valence-electron chi connectivity index (χ1n) is 4.96. The van der Waals surface area contributed by atoms with E-state index in [9.17, 15) is 0 Å². The molecule has 2 heterocycles. The number of hydrogen-bond acceptors (Lipinski definition) is 5. The standard InChI is InChI=1S/C8H16N6/c1-13-4-2-7(3-5-13)6-14-8(9)10-11-12-14/h7H,2-6H2,1H3,(H2,9,10,12). The number of tetrazole rings is 1. The molecule has 2 rings (SSSR count). The number of hydrogen-bond donors (Lipinski definition) is 1. The second-order valence-corrected chi connectivity index (χ2v) is 3.97. The summed E-state index contributed by atoms with van der Waals surface area (Å²) in [5.74, 6) is 1.08. The maximum Gasteiger partial charge on any atom is 0.240 e. The monoisotopic (exact) mass is 196 g/mol. The van der Waals surface area contributed by atoms with Gasteiger partial charge in [-0.1, -0.05) is 5.10 Å². The van der Waals surface area contributed by atoms with Gasteiger partial charge in [-0.15, -0.1) is 0 Å². The molecule has 0 spiro atoms. The quantitative estimate of drug-likeness (QED) is 0.696. The summed E-state index contributed by atoms with van der Waals surface area (Å²) >= 11 is 0. The number of aromatic nitrogens is 4. The van der Waals surface area contributed by atoms with Crippen LogP contribution >= 0.6 is 0 Å². The van der Waals surface area contributed by atoms with E-state index in [0.29, 0.717) is 11.9 Å². The lowest BCUT2D eigenvalue weighted by Gasteiger charge is -2.28. The molecular formula is C8H16N6. The first-order valence-corrected chi connectivity index (χ1v) is 4.96. The molecule has 0 aromatic carbocycles. The highest BCUT2D eigenvalue weighted by Crippen LogP contribution is 2.17. The maximum absolute atomic E-state index is 5.60. The first-order chi connectivity index (χ1) is 6.75. The highest BCUT2D eigenvalue weighted by atomic mass is 15.6. The highest BCUT2D eigenvalue weighted by molar-refractivity contribution is 5.09. The second-order valence-electron chi connectivity index (χ2n) is 3.97. The molecule has 0 aliphatic carbocycles. The molecule has 6 nitrogen and oxygen atoms in total. The zero-order valence-electron chi connectivity index (χ0n) is 8.43. The number of nitrogen functional groups attached to an aromatic ring is 1. The van der Waals surface area contributed by atoms with Gasteiger partial charge in [0.2, 0.25) is 5.95 Å². The molecule has 0 saturated carbocycles. The minimum atomic E-state index is 0.420. The lowest BCUT2D eigenvalue weighted by atomic mass is 9.97. The molecule has 1 saturated heterocycles. The van der Waals surface area contributed by atoms with Gasteiger partial charge in [0.05, 0.1) is 0 Å². The summed E-state index contributed by atoms with van der Waals surface area (Å²) in [6, 6.07) is 0. The van der Waals surface area contributed by atoms with Crippen LogP contribution in [0.4, 0.5) is 5.95 Å². The van der Waals surface area contributed by atoms with Crippen LogP contribution in [0.15, 0.2) is 0 Å². The van der Waals surface area contributed by atoms with Gasteiger partial charge in [0, 0.05) is 6.54 Å². The van der Waals surface area contributed by atoms with Crippen molar-refractivity contribution >= 4 is 5.95 Å². The molecule has 1 aliphatic rings. The molecule has 1 aliphatic heterocycles. The molecule has 0 unspecified atom stereocenters. The first kappa shape index (κ1) is 9.39. The van der Waals surface area contributed by atoms with Gasteiger partial charge in [-0.2, -0.15) is 0 Å². The Balaban J connectivity index is 1.89. The van der Waals surface area contributed by atoms with Crippen molar-refractivity contribution in [1.82, 2.24) is 25.1 Å². The fourth-order valence-electron chi connectivity index (χ4n) is 1.83. The van der Waals surface area contributed by atoms with Gasteiger partial charge >= 0.3 is 0 Å². The van der Waals surface area contributed by atoms with Crippen LogP contribution in [-0.2, 0) is 6.54 Å². The van der Waals surface area contributed by atoms with Gasteiger partial charge in [0.25, 0.3) is 0 Å². The molecule has 0 radical (unpaired) electrons. The Morgan fingerprint density at radius 2 is 2.14 bits per heavy atom. The van der Waals surface area contributed by atoms with Gasteiger partial charge in [0.15, 0.2) is 0 Å². The van der Waals surface area contributed by atoms with Crippen LogP contribution < -0.4 is 5.73 Å². The van der Waals surface area contributed by atoms with Crippen LogP contribution in [0.1, 0.15) is 12.8 Å². The van der Waals surface area contributed by atoms with E-state index in [-0.39, 0.29) is 0 Å². The summed E-state index contributed by atoms with van der Waals surface area (Å²) in [6.45, 7) is 3.17. The summed E-state index contributed by atoms with van der Waals surface area (Å²) in [4.78, 5) is 2.35. The zero-order chi connectivity index (χ0) is 9.97. The third kappa shape index (κ3) is 2.01. The van der Waals surface area contributed by atoms with Crippen LogP contribution in [0.3, 0.4) is 0 Å². The van der Waals surface area contributed by atoms with Crippen LogP contribution in [-0.4, -0.2) is 45.2 Å². The SMILES string of the molecule is CN1CCC(Cn2nnnc2N)CC1. The molecule has 2 N–H and O–H groups in total. The Hall–Kier alpha value is -1.17. The smallest absolute Gasteiger partial charge is 0.240 e. The van der Waals surface area contributed by atoms with Crippen LogP contribution in [0.2, 0.25) is 0 Å². The second kappa shape index (κ2) is 3.91. The summed E-state index contributed by atoms with van der Waals surface area (Å²) < 4.78 is 1.69. The van der Waals surface area contributed by atoms with Crippen LogP contribution in [0.5, 0.6) is 0 Å². The lowest BCUT2D eigenvalue weighted by molar-refractivity contribution is 0.201. The van der Waals surface area contributed by atoms with E-state index in [4.69, 9.17) is 5.73 Å². The number of anilines is 1. The molecule has 1 aromatic heterocycles. The summed E-state index contributed by atoms with van der Waals surface area (Å²) in [7, 11) is 2.15. The summed E-state index contributed by atoms with van der Waals surface area (Å²) in [6.07, 6.45) is 2.41. The Kier molecular flexibility index (Phi) is 2.62. The van der Waals surface area contributed by atoms with Crippen LogP contribution in [0.25, 0.3) is 0 Å². The minimum Gasteiger partial charge on any atom is -0.367 e. The van der Waals surface area contributed by atoms with Gasteiger partial charge in [-0.3, -0.25) is 0 Å². The van der Waals surface area contributed by atoms with E-state index in [1.807, 2.05) is 0 Å². The fraction of sp³-hybridized carbons (Fsp3) is 0.875. The predicted molar refractivity (Wildman–Crippen MR) is 52.5 cm³/mol. The predicted octanol–water partition coefficient (Wildman–Crippen LogP) is -0.403. The number of piperidine rings is 1. The van der Waals surface area contributed by atoms with Crippen molar-refractivity contribution in [2.75, 3.05) is 25.9 Å². The van der Waals surface area contributed by atoms with E-state index < -0.39 is 0 Å². The van der Waals surface area contributed by atoms with Crippen molar-refractivity contribution in [2.24, 2.45) is 5.92 Å². The Labute approximate surface area is 83.1 Å². The van der Waals surface area contributed by atoms with E-state index in [0.717, 1.165) is 19.6 Å². The fourth-order valence-corrected chi connectivity index (χ4v) is 1.83. The Morgan fingerprint density at radius 1 is 1.43 bits per heavy atom. The number of likely N-dealkylation sites (tertiary alicyclic amines) is 1. The molecule has 6 heteroatoms. The van der Waals surface area contributed by atoms with Crippen molar-refractivity contribution in [1.29, 1.82) is 0 Å². The van der Waals surface area contributed by atoms with Crippen LogP contribution in [0, 0.1) is 5.92 Å². The van der Waals surface area contributed by atoms with E-state index in [1.54, 1.807) is 4.68 Å². The summed E-state index contributed by atoms with van der Waals surface area (Å²) in [5.41, 5.74) is 5.60. The highest BCUT2D eigenvalue weighted by Gasteiger charge is 2.18. The normalized spacial score (nSPS) is 20.1. The average molecular weight is 196 g/mol. The molecule has 14 heavy (non-hydrogen) atoms. The number of nitrogens with zero attached hydrogens (tertiary/aromatic N) is 5. The molecule has 1 fully saturated rings. The molecule has 0 amide bonds. The third-order valence-electron chi connectivity index (χ3n) is 2.83. The average Bonchev–Trinajstić information content (AvgIpc) is 2.56. The van der Waals surface area contributed by atoms with Crippen molar-refractivity contribution in [2.45, 2.75) is 19.4 Å². The third-order valence-corrected chi connectivity index (χ3v) is 2.83. The largest absolute Gasteiger partial charge is 0.367 e. The van der Waals surface area contributed by atoms with Crippen molar-refractivity contribution in [3.63, 3.8) is 0 Å². The molecular weight excluding hydrogens is 180 g/mol. The molecule has 0 bridgehead atoms. The van der Waals surface area contributed by atoms with Crippen molar-refractivity contribution in [3.05, 3.63) is 0 Å². The molecule has 0 atom stereocenters. The molecule has 1 aromatic rings. The van der Waals surface area contributed by atoms with Gasteiger partial charge in [0.1, 0.15) is 0 Å². The number of nitrogens with two attached hydrogens (primary N) is 1. The van der Waals surface area contributed by atoms with Gasteiger partial charge in [-0.05, 0) is 49.3 Å². The molecule has 78 valence electrons. The van der Waals surface area contributed by atoms with E-state index in [2.05, 4.69) is 27.5 Å². The maximum atomic E-state index is 5.60. The van der Waals surface area contributed by atoms with E-state index >= 15 is 0 Å². The summed E-state index contributed by atoms with van der Waals surface area (Å²) in [5, 5.41) is 11.0. The number of rotatable bonds is 2. The zero-order valence-corrected chi connectivity index (χ0v) is 8.43. The van der Waals surface area contributed by atoms with Crippen molar-refractivity contribution < 1.29 is 0 Å². The Morgan fingerprint density at radius 3 is 2.71 bits per heavy atom. The van der Waals surface area contributed by atoms with Gasteiger partial charge < -0.3 is 10.6 Å².